The van der Waals surface area contributed by atoms with Crippen molar-refractivity contribution in [2.24, 2.45) is 0 Å². The Morgan fingerprint density at radius 1 is 0.933 bits per heavy atom. The van der Waals surface area contributed by atoms with Gasteiger partial charge in [-0.15, -0.1) is 0 Å². The second-order valence-electron chi connectivity index (χ2n) is 8.85. The molecule has 3 aromatic rings. The summed E-state index contributed by atoms with van der Waals surface area (Å²) in [6.07, 6.45) is -13.2. The molecule has 6 nitrogen and oxygen atoms in total. The van der Waals surface area contributed by atoms with E-state index >= 15 is 0 Å². The lowest BCUT2D eigenvalue weighted by Crippen LogP contribution is -2.50. The van der Waals surface area contributed by atoms with Gasteiger partial charge in [-0.25, -0.2) is 13.2 Å². The normalized spacial score (nSPS) is 12.2. The van der Waals surface area contributed by atoms with E-state index in [0.717, 1.165) is 30.2 Å². The van der Waals surface area contributed by atoms with Gasteiger partial charge in [-0.3, -0.25) is 9.59 Å². The topological polar surface area (TPSA) is 67.9 Å². The number of ether oxygens (including phenoxy) is 2. The minimum absolute atomic E-state index is 0.0305. The van der Waals surface area contributed by atoms with Crippen LogP contribution in [0.15, 0.2) is 53.0 Å². The zero-order chi connectivity index (χ0) is 34.1. The molecule has 0 unspecified atom stereocenters. The molecule has 0 atom stereocenters. The number of alkyl halides is 9. The third-order valence-electron chi connectivity index (χ3n) is 6.14. The van der Waals surface area contributed by atoms with Crippen LogP contribution < -0.4 is 19.7 Å². The molecule has 0 spiro atoms. The molecule has 0 fully saturated rings. The van der Waals surface area contributed by atoms with Gasteiger partial charge in [-0.1, -0.05) is 6.07 Å². The van der Waals surface area contributed by atoms with Crippen LogP contribution in [0.2, 0.25) is 0 Å². The van der Waals surface area contributed by atoms with Crippen LogP contribution in [0.4, 0.5) is 59.7 Å². The van der Waals surface area contributed by atoms with Gasteiger partial charge >= 0.3 is 24.6 Å². The fourth-order valence-electron chi connectivity index (χ4n) is 4.12. The molecule has 0 saturated heterocycles. The van der Waals surface area contributed by atoms with Crippen molar-refractivity contribution in [1.82, 2.24) is 0 Å². The van der Waals surface area contributed by atoms with E-state index in [-0.39, 0.29) is 30.1 Å². The molecule has 0 radical (unpaired) electrons. The SMILES string of the molecule is CCN(C(=O)c1ccc(F)cc1F)c1cccc(C(=O)Nc2c(Br)cc(C(F)(C(F)(F)F)C(F)(F)F)cc2OC(F)F)c1OC. The monoisotopic (exact) mass is 722 g/mol. The highest BCUT2D eigenvalue weighted by Crippen LogP contribution is 2.55. The molecular weight excluding hydrogens is 705 g/mol. The van der Waals surface area contributed by atoms with Crippen LogP contribution in [0, 0.1) is 11.6 Å². The van der Waals surface area contributed by atoms with E-state index in [9.17, 15) is 57.9 Å². The highest BCUT2D eigenvalue weighted by Gasteiger charge is 2.73. The molecular formula is C27H18BrF11N2O4. The molecule has 1 N–H and O–H groups in total. The van der Waals surface area contributed by atoms with E-state index in [1.54, 1.807) is 0 Å². The van der Waals surface area contributed by atoms with Gasteiger partial charge in [0.25, 0.3) is 11.8 Å². The van der Waals surface area contributed by atoms with Crippen LogP contribution >= 0.6 is 15.9 Å². The number of hydrogen-bond acceptors (Lipinski definition) is 4. The molecule has 2 amide bonds. The van der Waals surface area contributed by atoms with Gasteiger partial charge in [0.15, 0.2) is 11.5 Å². The smallest absolute Gasteiger partial charge is 0.435 e. The fraction of sp³-hybridized carbons (Fsp3) is 0.259. The van der Waals surface area contributed by atoms with E-state index in [2.05, 4.69) is 20.7 Å². The first-order valence-electron chi connectivity index (χ1n) is 12.1. The number of halogens is 12. The maximum atomic E-state index is 14.7. The van der Waals surface area contributed by atoms with Crippen molar-refractivity contribution in [1.29, 1.82) is 0 Å². The van der Waals surface area contributed by atoms with Gasteiger partial charge in [0, 0.05) is 22.6 Å². The third-order valence-corrected chi connectivity index (χ3v) is 6.77. The lowest BCUT2D eigenvalue weighted by Gasteiger charge is -2.31. The van der Waals surface area contributed by atoms with Crippen molar-refractivity contribution in [3.05, 3.63) is 81.3 Å². The number of nitrogens with zero attached hydrogens (tertiary/aromatic N) is 1. The minimum Gasteiger partial charge on any atom is -0.494 e. The maximum Gasteiger partial charge on any atom is 0.435 e. The average molecular weight is 723 g/mol. The zero-order valence-electron chi connectivity index (χ0n) is 22.5. The van der Waals surface area contributed by atoms with E-state index in [1.807, 2.05) is 5.32 Å². The molecule has 0 heterocycles. The Morgan fingerprint density at radius 2 is 1.56 bits per heavy atom. The minimum atomic E-state index is -6.59. The Morgan fingerprint density at radius 3 is 2.07 bits per heavy atom. The summed E-state index contributed by atoms with van der Waals surface area (Å²) >= 11 is 2.57. The Hall–Kier alpha value is -4.09. The number of carbonyl (C=O) groups excluding carboxylic acids is 2. The average Bonchev–Trinajstić information content (AvgIpc) is 2.92. The largest absolute Gasteiger partial charge is 0.494 e. The van der Waals surface area contributed by atoms with Crippen LogP contribution in [0.25, 0.3) is 0 Å². The third kappa shape index (κ3) is 6.94. The summed E-state index contributed by atoms with van der Waals surface area (Å²) in [4.78, 5) is 27.3. The molecule has 0 saturated carbocycles. The number of methoxy groups -OCH3 is 1. The number of para-hydroxylation sites is 1. The van der Waals surface area contributed by atoms with Gasteiger partial charge in [0.2, 0.25) is 0 Å². The predicted octanol–water partition coefficient (Wildman–Crippen LogP) is 8.55. The Balaban J connectivity index is 2.12. The number of benzene rings is 3. The Labute approximate surface area is 254 Å². The Kier molecular flexibility index (Phi) is 10.3. The molecule has 244 valence electrons. The molecule has 0 aliphatic carbocycles. The number of hydrogen-bond donors (Lipinski definition) is 1. The molecule has 18 heteroatoms. The van der Waals surface area contributed by atoms with Gasteiger partial charge in [-0.05, 0) is 59.3 Å². The zero-order valence-corrected chi connectivity index (χ0v) is 24.1. The quantitative estimate of drug-likeness (QED) is 0.225. The van der Waals surface area contributed by atoms with Crippen molar-refractivity contribution in [2.75, 3.05) is 23.9 Å². The molecule has 45 heavy (non-hydrogen) atoms. The summed E-state index contributed by atoms with van der Waals surface area (Å²) in [5, 5.41) is 1.98. The number of carbonyl (C=O) groups is 2. The van der Waals surface area contributed by atoms with E-state index in [0.29, 0.717) is 6.07 Å². The fourth-order valence-corrected chi connectivity index (χ4v) is 4.66. The number of nitrogens with one attached hydrogen (secondary N) is 1. The van der Waals surface area contributed by atoms with Gasteiger partial charge < -0.3 is 19.7 Å². The van der Waals surface area contributed by atoms with Crippen LogP contribution in [-0.2, 0) is 5.67 Å². The molecule has 0 bridgehead atoms. The number of rotatable bonds is 9. The molecule has 3 aromatic carbocycles. The summed E-state index contributed by atoms with van der Waals surface area (Å²) in [6, 6.07) is 5.35. The van der Waals surface area contributed by atoms with Crippen LogP contribution in [0.1, 0.15) is 33.2 Å². The summed E-state index contributed by atoms with van der Waals surface area (Å²) in [5.74, 6) is -6.32. The van der Waals surface area contributed by atoms with Crippen molar-refractivity contribution in [3.8, 4) is 11.5 Å². The van der Waals surface area contributed by atoms with Crippen molar-refractivity contribution in [2.45, 2.75) is 31.6 Å². The first-order valence-corrected chi connectivity index (χ1v) is 12.9. The summed E-state index contributed by atoms with van der Waals surface area (Å²) in [7, 11) is 1.04. The first kappa shape index (κ1) is 35.4. The predicted molar refractivity (Wildman–Crippen MR) is 140 cm³/mol. The van der Waals surface area contributed by atoms with Crippen molar-refractivity contribution < 1.29 is 67.4 Å². The first-order chi connectivity index (χ1) is 20.8. The summed E-state index contributed by atoms with van der Waals surface area (Å²) < 4.78 is 157. The highest BCUT2D eigenvalue weighted by atomic mass is 79.9. The molecule has 3 rings (SSSR count). The van der Waals surface area contributed by atoms with Gasteiger partial charge in [0.1, 0.15) is 11.6 Å². The second kappa shape index (κ2) is 13.1. The molecule has 0 aromatic heterocycles. The molecule has 0 aliphatic heterocycles. The van der Waals surface area contributed by atoms with E-state index in [4.69, 9.17) is 4.74 Å². The van der Waals surface area contributed by atoms with E-state index in [1.165, 1.54) is 19.1 Å². The highest BCUT2D eigenvalue weighted by molar-refractivity contribution is 9.10. The number of anilines is 2. The van der Waals surface area contributed by atoms with Crippen LogP contribution in [0.5, 0.6) is 11.5 Å². The summed E-state index contributed by atoms with van der Waals surface area (Å²) in [5.41, 5.74) is -10.3. The van der Waals surface area contributed by atoms with Crippen molar-refractivity contribution >= 4 is 39.1 Å². The van der Waals surface area contributed by atoms with Crippen LogP contribution in [-0.4, -0.2) is 44.4 Å². The summed E-state index contributed by atoms with van der Waals surface area (Å²) in [6.45, 7) is -2.58. The lowest BCUT2D eigenvalue weighted by atomic mass is 9.93. The second-order valence-corrected chi connectivity index (χ2v) is 9.70. The Bertz CT molecular complexity index is 1580. The van der Waals surface area contributed by atoms with E-state index < -0.39 is 80.7 Å². The van der Waals surface area contributed by atoms with Gasteiger partial charge in [0.05, 0.1) is 29.6 Å². The van der Waals surface area contributed by atoms with Crippen molar-refractivity contribution in [3.63, 3.8) is 0 Å². The van der Waals surface area contributed by atoms with Crippen LogP contribution in [0.3, 0.4) is 0 Å². The van der Waals surface area contributed by atoms with Gasteiger partial charge in [-0.2, -0.15) is 35.1 Å². The molecule has 0 aliphatic rings. The standard InChI is InChI=1S/C27H18BrF11N2O4/c1-3-41(23(43)14-8-7-13(29)11-17(14)30)18-6-4-5-15(21(18)44-2)22(42)40-20-16(28)9-12(10-19(20)45-24(31)32)25(33,26(34,35)36)27(37,38)39/h4-11,24H,3H2,1-2H3,(H,40,42). The maximum absolute atomic E-state index is 14.7. The lowest BCUT2D eigenvalue weighted by molar-refractivity contribution is -0.348. The number of amides is 2.